The molecular formula is C24H42F2O5. The minimum absolute atomic E-state index is 0.000209. The number of rotatable bonds is 18. The van der Waals surface area contributed by atoms with Crippen LogP contribution in [0.2, 0.25) is 0 Å². The van der Waals surface area contributed by atoms with Crippen LogP contribution in [0.5, 0.6) is 0 Å². The molecule has 0 radical (unpaired) electrons. The summed E-state index contributed by atoms with van der Waals surface area (Å²) in [6.07, 6.45) is 6.41. The van der Waals surface area contributed by atoms with E-state index in [9.17, 15) is 28.6 Å². The van der Waals surface area contributed by atoms with E-state index < -0.39 is 24.1 Å². The van der Waals surface area contributed by atoms with Crippen molar-refractivity contribution in [3.05, 3.63) is 0 Å². The second-order valence-electron chi connectivity index (χ2n) is 9.23. The van der Waals surface area contributed by atoms with Crippen molar-refractivity contribution in [2.24, 2.45) is 11.8 Å². The topological polar surface area (TPSA) is 94.8 Å². The Kier molecular flexibility index (Phi) is 13.4. The van der Waals surface area contributed by atoms with Crippen LogP contribution in [0, 0.1) is 11.8 Å². The van der Waals surface area contributed by atoms with Crippen LogP contribution in [0.4, 0.5) is 8.78 Å². The molecule has 7 heteroatoms. The molecular weight excluding hydrogens is 406 g/mol. The molecule has 0 bridgehead atoms. The maximum absolute atomic E-state index is 14.2. The van der Waals surface area contributed by atoms with Crippen molar-refractivity contribution in [1.82, 2.24) is 0 Å². The van der Waals surface area contributed by atoms with Gasteiger partial charge in [0, 0.05) is 25.2 Å². The number of aliphatic hydroxyl groups excluding tert-OH is 2. The van der Waals surface area contributed by atoms with Gasteiger partial charge in [0.25, 0.3) is 5.92 Å². The van der Waals surface area contributed by atoms with Crippen molar-refractivity contribution >= 4 is 11.8 Å². The molecule has 0 aromatic heterocycles. The lowest BCUT2D eigenvalue weighted by atomic mass is 9.84. The highest BCUT2D eigenvalue weighted by molar-refractivity contribution is 5.84. The lowest BCUT2D eigenvalue weighted by Gasteiger charge is -2.26. The molecule has 1 saturated carbocycles. The first-order chi connectivity index (χ1) is 14.7. The Labute approximate surface area is 185 Å². The zero-order valence-corrected chi connectivity index (χ0v) is 19.0. The normalized spacial score (nSPS) is 22.7. The predicted molar refractivity (Wildman–Crippen MR) is 116 cm³/mol. The van der Waals surface area contributed by atoms with Crippen LogP contribution in [0.1, 0.15) is 110 Å². The fraction of sp³-hybridized carbons (Fsp3) is 0.917. The Morgan fingerprint density at radius 1 is 1.03 bits per heavy atom. The number of aliphatic hydroxyl groups is 2. The summed E-state index contributed by atoms with van der Waals surface area (Å²) in [5, 5.41) is 28.9. The van der Waals surface area contributed by atoms with Gasteiger partial charge in [-0.1, -0.05) is 58.3 Å². The second kappa shape index (κ2) is 14.9. The molecule has 3 N–H and O–H groups in total. The van der Waals surface area contributed by atoms with Gasteiger partial charge in [-0.25, -0.2) is 8.78 Å². The zero-order valence-electron chi connectivity index (χ0n) is 19.0. The van der Waals surface area contributed by atoms with Crippen LogP contribution in [0.25, 0.3) is 0 Å². The van der Waals surface area contributed by atoms with Crippen molar-refractivity contribution < 1.29 is 33.7 Å². The molecule has 1 rings (SSSR count). The SMILES string of the molecule is CCCCCCC(F)(F)C(O)CCC1C(O)CC(=O)C1CCCCCCCCC(=O)O. The number of Topliss-reactive ketones (excluding diaryl/α,β-unsaturated/α-hetero) is 1. The third-order valence-corrected chi connectivity index (χ3v) is 6.62. The summed E-state index contributed by atoms with van der Waals surface area (Å²) in [5.74, 6) is -4.57. The van der Waals surface area contributed by atoms with Crippen LogP contribution in [0.15, 0.2) is 0 Å². The summed E-state index contributed by atoms with van der Waals surface area (Å²) in [7, 11) is 0. The van der Waals surface area contributed by atoms with Crippen LogP contribution in [0.3, 0.4) is 0 Å². The number of carboxylic acid groups (broad SMARTS) is 1. The Bertz CT molecular complexity index is 526. The number of carboxylic acids is 1. The zero-order chi connectivity index (χ0) is 23.3. The van der Waals surface area contributed by atoms with Crippen molar-refractivity contribution in [3.63, 3.8) is 0 Å². The lowest BCUT2D eigenvalue weighted by molar-refractivity contribution is -0.137. The first-order valence-electron chi connectivity index (χ1n) is 12.2. The molecule has 182 valence electrons. The van der Waals surface area contributed by atoms with Gasteiger partial charge in [0.1, 0.15) is 11.9 Å². The third-order valence-electron chi connectivity index (χ3n) is 6.62. The van der Waals surface area contributed by atoms with Gasteiger partial charge in [-0.3, -0.25) is 9.59 Å². The number of alkyl halides is 2. The summed E-state index contributed by atoms with van der Waals surface area (Å²) in [5.41, 5.74) is 0. The average molecular weight is 449 g/mol. The molecule has 1 fully saturated rings. The van der Waals surface area contributed by atoms with Crippen LogP contribution < -0.4 is 0 Å². The van der Waals surface area contributed by atoms with E-state index in [4.69, 9.17) is 5.11 Å². The van der Waals surface area contributed by atoms with Gasteiger partial charge in [-0.2, -0.15) is 0 Å². The largest absolute Gasteiger partial charge is 0.481 e. The molecule has 4 unspecified atom stereocenters. The minimum atomic E-state index is -3.13. The Morgan fingerprint density at radius 3 is 2.29 bits per heavy atom. The fourth-order valence-electron chi connectivity index (χ4n) is 4.65. The van der Waals surface area contributed by atoms with E-state index in [1.807, 2.05) is 6.92 Å². The van der Waals surface area contributed by atoms with Gasteiger partial charge in [0.05, 0.1) is 6.10 Å². The predicted octanol–water partition coefficient (Wildman–Crippen LogP) is 5.50. The molecule has 0 aromatic rings. The molecule has 0 heterocycles. The average Bonchev–Trinajstić information content (AvgIpc) is 2.97. The van der Waals surface area contributed by atoms with Crippen molar-refractivity contribution in [2.75, 3.05) is 0 Å². The molecule has 31 heavy (non-hydrogen) atoms. The van der Waals surface area contributed by atoms with Gasteiger partial charge < -0.3 is 15.3 Å². The first-order valence-corrected chi connectivity index (χ1v) is 12.2. The summed E-state index contributed by atoms with van der Waals surface area (Å²) in [4.78, 5) is 22.8. The van der Waals surface area contributed by atoms with Crippen LogP contribution >= 0.6 is 0 Å². The van der Waals surface area contributed by atoms with E-state index >= 15 is 0 Å². The molecule has 5 nitrogen and oxygen atoms in total. The van der Waals surface area contributed by atoms with Crippen LogP contribution in [-0.2, 0) is 9.59 Å². The number of hydrogen-bond acceptors (Lipinski definition) is 4. The van der Waals surface area contributed by atoms with E-state index in [2.05, 4.69) is 0 Å². The molecule has 1 aliphatic rings. The van der Waals surface area contributed by atoms with Gasteiger partial charge in [0.15, 0.2) is 0 Å². The van der Waals surface area contributed by atoms with Crippen molar-refractivity contribution in [2.45, 2.75) is 128 Å². The highest BCUT2D eigenvalue weighted by atomic mass is 19.3. The number of carbonyl (C=O) groups is 2. The van der Waals surface area contributed by atoms with E-state index in [0.29, 0.717) is 19.3 Å². The highest BCUT2D eigenvalue weighted by Gasteiger charge is 2.43. The fourth-order valence-corrected chi connectivity index (χ4v) is 4.65. The number of aliphatic carboxylic acids is 1. The third kappa shape index (κ3) is 10.9. The Hall–Kier alpha value is -1.08. The Balaban J connectivity index is 2.35. The summed E-state index contributed by atoms with van der Waals surface area (Å²) < 4.78 is 28.4. The van der Waals surface area contributed by atoms with Gasteiger partial charge in [-0.05, 0) is 38.0 Å². The molecule has 4 atom stereocenters. The second-order valence-corrected chi connectivity index (χ2v) is 9.23. The Morgan fingerprint density at radius 2 is 1.65 bits per heavy atom. The lowest BCUT2D eigenvalue weighted by Crippen LogP contribution is -2.34. The standard InChI is InChI=1S/C24H42F2O5/c1-2-3-4-11-16-24(25,26)22(29)15-14-19-18(20(27)17-21(19)28)12-9-7-5-6-8-10-13-23(30)31/h18-19,21-22,28-29H,2-17H2,1H3,(H,30,31). The number of unbranched alkanes of at least 4 members (excludes halogenated alkanes) is 8. The highest BCUT2D eigenvalue weighted by Crippen LogP contribution is 2.38. The molecule has 1 aliphatic carbocycles. The molecule has 0 aromatic carbocycles. The first kappa shape index (κ1) is 28.0. The summed E-state index contributed by atoms with van der Waals surface area (Å²) in [6, 6.07) is 0. The molecule has 0 amide bonds. The summed E-state index contributed by atoms with van der Waals surface area (Å²) in [6.45, 7) is 2.01. The van der Waals surface area contributed by atoms with Crippen molar-refractivity contribution in [3.8, 4) is 0 Å². The molecule has 0 saturated heterocycles. The van der Waals surface area contributed by atoms with Gasteiger partial charge in [0.2, 0.25) is 0 Å². The van der Waals surface area contributed by atoms with E-state index in [1.54, 1.807) is 0 Å². The van der Waals surface area contributed by atoms with E-state index in [0.717, 1.165) is 51.4 Å². The van der Waals surface area contributed by atoms with E-state index in [1.165, 1.54) is 0 Å². The van der Waals surface area contributed by atoms with Crippen molar-refractivity contribution in [1.29, 1.82) is 0 Å². The minimum Gasteiger partial charge on any atom is -0.481 e. The quantitative estimate of drug-likeness (QED) is 0.241. The van der Waals surface area contributed by atoms with Gasteiger partial charge >= 0.3 is 5.97 Å². The summed E-state index contributed by atoms with van der Waals surface area (Å²) >= 11 is 0. The molecule has 0 aliphatic heterocycles. The maximum atomic E-state index is 14.2. The number of hydrogen-bond donors (Lipinski definition) is 3. The number of ketones is 1. The number of carbonyl (C=O) groups excluding carboxylic acids is 1. The van der Waals surface area contributed by atoms with Crippen LogP contribution in [-0.4, -0.2) is 45.2 Å². The smallest absolute Gasteiger partial charge is 0.303 e. The van der Waals surface area contributed by atoms with Gasteiger partial charge in [-0.15, -0.1) is 0 Å². The maximum Gasteiger partial charge on any atom is 0.303 e. The number of halogens is 2. The monoisotopic (exact) mass is 448 g/mol. The van der Waals surface area contributed by atoms with E-state index in [-0.39, 0.29) is 49.7 Å². The molecule has 0 spiro atoms.